The van der Waals surface area contributed by atoms with Gasteiger partial charge in [-0.2, -0.15) is 0 Å². The summed E-state index contributed by atoms with van der Waals surface area (Å²) in [4.78, 5) is 12.3. The first kappa shape index (κ1) is 15.9. The highest BCUT2D eigenvalue weighted by Gasteiger charge is 2.35. The van der Waals surface area contributed by atoms with Crippen molar-refractivity contribution in [2.75, 3.05) is 12.4 Å². The van der Waals surface area contributed by atoms with E-state index in [1.807, 2.05) is 31.2 Å². The lowest BCUT2D eigenvalue weighted by Gasteiger charge is -2.30. The van der Waals surface area contributed by atoms with Crippen molar-refractivity contribution in [2.24, 2.45) is 0 Å². The molecule has 0 amide bonds. The number of phenolic OH excluding ortho intramolecular Hbond substituents is 1. The van der Waals surface area contributed by atoms with E-state index in [2.05, 4.69) is 5.32 Å². The minimum absolute atomic E-state index is 0.0995. The maximum absolute atomic E-state index is 12.3. The number of hydrogen-bond donors (Lipinski definition) is 2. The molecule has 2 aromatic rings. The van der Waals surface area contributed by atoms with Crippen molar-refractivity contribution in [1.82, 2.24) is 0 Å². The molecule has 4 nitrogen and oxygen atoms in total. The minimum Gasteiger partial charge on any atom is -0.506 e. The molecular formula is C18H21NO3. The number of hydrogen-bond acceptors (Lipinski definition) is 4. The van der Waals surface area contributed by atoms with Gasteiger partial charge in [0.1, 0.15) is 11.3 Å². The molecular weight excluding hydrogens is 278 g/mol. The van der Waals surface area contributed by atoms with Crippen LogP contribution in [0.1, 0.15) is 18.1 Å². The molecule has 0 aliphatic rings. The summed E-state index contributed by atoms with van der Waals surface area (Å²) in [5.41, 5.74) is 1.69. The van der Waals surface area contributed by atoms with E-state index in [-0.39, 0.29) is 11.7 Å². The third kappa shape index (κ3) is 3.39. The van der Waals surface area contributed by atoms with Crippen LogP contribution in [-0.2, 0) is 16.0 Å². The molecule has 0 saturated carbocycles. The van der Waals surface area contributed by atoms with Crippen molar-refractivity contribution in [3.63, 3.8) is 0 Å². The van der Waals surface area contributed by atoms with E-state index in [0.29, 0.717) is 12.1 Å². The number of aryl methyl sites for hydroxylation is 1. The van der Waals surface area contributed by atoms with Gasteiger partial charge in [0.25, 0.3) is 0 Å². The molecule has 0 fully saturated rings. The van der Waals surface area contributed by atoms with Crippen LogP contribution >= 0.6 is 0 Å². The quantitative estimate of drug-likeness (QED) is 0.657. The summed E-state index contributed by atoms with van der Waals surface area (Å²) in [7, 11) is 1.37. The van der Waals surface area contributed by atoms with Crippen LogP contribution in [0.2, 0.25) is 0 Å². The van der Waals surface area contributed by atoms with E-state index in [1.54, 1.807) is 31.2 Å². The van der Waals surface area contributed by atoms with Crippen molar-refractivity contribution in [3.05, 3.63) is 59.7 Å². The molecule has 0 radical (unpaired) electrons. The third-order valence-corrected chi connectivity index (χ3v) is 3.76. The van der Waals surface area contributed by atoms with Crippen LogP contribution in [0, 0.1) is 6.92 Å². The van der Waals surface area contributed by atoms with Gasteiger partial charge in [-0.1, -0.05) is 36.4 Å². The minimum atomic E-state index is -0.973. The molecule has 0 aliphatic carbocycles. The van der Waals surface area contributed by atoms with Crippen molar-refractivity contribution >= 4 is 11.7 Å². The monoisotopic (exact) mass is 299 g/mol. The normalized spacial score (nSPS) is 13.2. The molecule has 0 unspecified atom stereocenters. The van der Waals surface area contributed by atoms with Gasteiger partial charge in [-0.05, 0) is 37.1 Å². The number of nitrogens with one attached hydrogen (secondary N) is 1. The number of carbonyl (C=O) groups is 1. The summed E-state index contributed by atoms with van der Waals surface area (Å²) in [5.74, 6) is -0.276. The SMILES string of the molecule is COC(=O)[C@@](C)(Cc1ccccc1C)Nc1ccccc1O. The highest BCUT2D eigenvalue weighted by molar-refractivity contribution is 5.85. The highest BCUT2D eigenvalue weighted by atomic mass is 16.5. The number of benzene rings is 2. The fraction of sp³-hybridized carbons (Fsp3) is 0.278. The Hall–Kier alpha value is -2.49. The molecule has 4 heteroatoms. The summed E-state index contributed by atoms with van der Waals surface area (Å²) < 4.78 is 4.96. The average Bonchev–Trinajstić information content (AvgIpc) is 2.51. The Labute approximate surface area is 130 Å². The zero-order valence-corrected chi connectivity index (χ0v) is 13.1. The lowest BCUT2D eigenvalue weighted by atomic mass is 9.90. The summed E-state index contributed by atoms with van der Waals surface area (Å²) in [6.07, 6.45) is 0.459. The smallest absolute Gasteiger partial charge is 0.331 e. The molecule has 116 valence electrons. The van der Waals surface area contributed by atoms with Crippen LogP contribution in [0.3, 0.4) is 0 Å². The van der Waals surface area contributed by atoms with E-state index in [9.17, 15) is 9.90 Å². The first-order chi connectivity index (χ1) is 10.5. The van der Waals surface area contributed by atoms with Gasteiger partial charge < -0.3 is 15.2 Å². The molecule has 1 atom stereocenters. The maximum atomic E-state index is 12.3. The molecule has 0 heterocycles. The number of carbonyl (C=O) groups excluding carboxylic acids is 1. The summed E-state index contributed by atoms with van der Waals surface area (Å²) >= 11 is 0. The Kier molecular flexibility index (Phi) is 4.71. The van der Waals surface area contributed by atoms with Crippen LogP contribution in [0.5, 0.6) is 5.75 Å². The standard InChI is InChI=1S/C18H21NO3/c1-13-8-4-5-9-14(13)12-18(2,17(21)22-3)19-15-10-6-7-11-16(15)20/h4-11,19-20H,12H2,1-3H3/t18-/m1/s1. The van der Waals surface area contributed by atoms with Gasteiger partial charge in [-0.3, -0.25) is 0 Å². The number of methoxy groups -OCH3 is 1. The molecule has 0 aliphatic heterocycles. The molecule has 22 heavy (non-hydrogen) atoms. The molecule has 0 saturated heterocycles. The number of ether oxygens (including phenoxy) is 1. The zero-order valence-electron chi connectivity index (χ0n) is 13.1. The Morgan fingerprint density at radius 1 is 1.18 bits per heavy atom. The topological polar surface area (TPSA) is 58.6 Å². The largest absolute Gasteiger partial charge is 0.506 e. The second-order valence-corrected chi connectivity index (χ2v) is 5.57. The summed E-state index contributed by atoms with van der Waals surface area (Å²) in [5, 5.41) is 13.1. The number of esters is 1. The van der Waals surface area contributed by atoms with Crippen LogP contribution < -0.4 is 5.32 Å². The first-order valence-corrected chi connectivity index (χ1v) is 7.15. The molecule has 0 spiro atoms. The third-order valence-electron chi connectivity index (χ3n) is 3.76. The van der Waals surface area contributed by atoms with Gasteiger partial charge in [-0.15, -0.1) is 0 Å². The Morgan fingerprint density at radius 3 is 2.45 bits per heavy atom. The lowest BCUT2D eigenvalue weighted by molar-refractivity contribution is -0.145. The predicted molar refractivity (Wildman–Crippen MR) is 87.0 cm³/mol. The zero-order chi connectivity index (χ0) is 16.2. The van der Waals surface area contributed by atoms with Crippen LogP contribution in [0.4, 0.5) is 5.69 Å². The molecule has 2 N–H and O–H groups in total. The Morgan fingerprint density at radius 2 is 1.82 bits per heavy atom. The maximum Gasteiger partial charge on any atom is 0.331 e. The number of aromatic hydroxyl groups is 1. The lowest BCUT2D eigenvalue weighted by Crippen LogP contribution is -2.46. The fourth-order valence-corrected chi connectivity index (χ4v) is 2.46. The van der Waals surface area contributed by atoms with Gasteiger partial charge in [0.05, 0.1) is 12.8 Å². The van der Waals surface area contributed by atoms with Crippen molar-refractivity contribution in [2.45, 2.75) is 25.8 Å². The fourth-order valence-electron chi connectivity index (χ4n) is 2.46. The van der Waals surface area contributed by atoms with Crippen molar-refractivity contribution in [3.8, 4) is 5.75 Å². The van der Waals surface area contributed by atoms with Gasteiger partial charge in [-0.25, -0.2) is 4.79 Å². The molecule has 0 bridgehead atoms. The number of anilines is 1. The van der Waals surface area contributed by atoms with Crippen LogP contribution in [0.25, 0.3) is 0 Å². The van der Waals surface area contributed by atoms with E-state index in [0.717, 1.165) is 11.1 Å². The van der Waals surface area contributed by atoms with Gasteiger partial charge in [0, 0.05) is 6.42 Å². The van der Waals surface area contributed by atoms with E-state index >= 15 is 0 Å². The van der Waals surface area contributed by atoms with Crippen LogP contribution in [0.15, 0.2) is 48.5 Å². The predicted octanol–water partition coefficient (Wildman–Crippen LogP) is 3.29. The Balaban J connectivity index is 2.34. The van der Waals surface area contributed by atoms with Crippen molar-refractivity contribution < 1.29 is 14.6 Å². The molecule has 0 aromatic heterocycles. The molecule has 2 aromatic carbocycles. The van der Waals surface area contributed by atoms with Gasteiger partial charge in [0.15, 0.2) is 0 Å². The van der Waals surface area contributed by atoms with Crippen molar-refractivity contribution in [1.29, 1.82) is 0 Å². The highest BCUT2D eigenvalue weighted by Crippen LogP contribution is 2.28. The van der Waals surface area contributed by atoms with Crippen LogP contribution in [-0.4, -0.2) is 23.7 Å². The Bertz CT molecular complexity index is 619. The number of rotatable bonds is 5. The van der Waals surface area contributed by atoms with E-state index < -0.39 is 5.54 Å². The van der Waals surface area contributed by atoms with Gasteiger partial charge in [0.2, 0.25) is 0 Å². The first-order valence-electron chi connectivity index (χ1n) is 7.15. The number of phenols is 1. The molecule has 2 rings (SSSR count). The average molecular weight is 299 g/mol. The van der Waals surface area contributed by atoms with Gasteiger partial charge >= 0.3 is 5.97 Å². The second kappa shape index (κ2) is 6.52. The van der Waals surface area contributed by atoms with E-state index in [4.69, 9.17) is 4.74 Å². The summed E-state index contributed by atoms with van der Waals surface area (Å²) in [6, 6.07) is 14.7. The summed E-state index contributed by atoms with van der Waals surface area (Å²) in [6.45, 7) is 3.78. The number of para-hydroxylation sites is 2. The second-order valence-electron chi connectivity index (χ2n) is 5.57. The van der Waals surface area contributed by atoms with E-state index in [1.165, 1.54) is 7.11 Å².